The number of carbonyl (C=O) groups excluding carboxylic acids is 1. The number of anilines is 1. The quantitative estimate of drug-likeness (QED) is 0.676. The number of hydrogen-bond donors (Lipinski definition) is 1. The van der Waals surface area contributed by atoms with Crippen LogP contribution in [-0.2, 0) is 15.0 Å². The second-order valence-electron chi connectivity index (χ2n) is 7.71. The first-order valence-corrected chi connectivity index (χ1v) is 12.0. The number of ether oxygens (including phenoxy) is 1. The van der Waals surface area contributed by atoms with E-state index in [1.54, 1.807) is 38.3 Å². The molecule has 2 aromatic carbocycles. The van der Waals surface area contributed by atoms with E-state index >= 15 is 0 Å². The van der Waals surface area contributed by atoms with Crippen LogP contribution in [0.3, 0.4) is 0 Å². The molecule has 2 atom stereocenters. The third kappa shape index (κ3) is 5.37. The highest BCUT2D eigenvalue weighted by molar-refractivity contribution is 7.90. The molecule has 168 valence electrons. The molecule has 8 heteroatoms. The molecule has 0 aromatic heterocycles. The summed E-state index contributed by atoms with van der Waals surface area (Å²) in [5.74, 6) is 0.187. The van der Waals surface area contributed by atoms with Gasteiger partial charge in [-0.3, -0.25) is 9.10 Å². The summed E-state index contributed by atoms with van der Waals surface area (Å²) in [6.07, 6.45) is 1.32. The van der Waals surface area contributed by atoms with Crippen LogP contribution in [0.25, 0.3) is 0 Å². The highest BCUT2D eigenvalue weighted by Crippen LogP contribution is 2.27. The van der Waals surface area contributed by atoms with Crippen molar-refractivity contribution < 1.29 is 17.9 Å². The van der Waals surface area contributed by atoms with Gasteiger partial charge in [0.1, 0.15) is 5.75 Å². The maximum absolute atomic E-state index is 13.4. The standard InChI is InChI=1S/C23H31N3O4S/c1-4-26(21-12-14-22(30-3)15-13-21)31(28,29)25-16-8-11-20(17-25)23(27)24-18(2)19-9-6-5-7-10-19/h5-7,9-10,12-15,18,20H,4,8,11,16-17H2,1-3H3,(H,24,27)/t18-,20+/m1/s1. The van der Waals surface area contributed by atoms with Gasteiger partial charge in [-0.25, -0.2) is 0 Å². The number of carbonyl (C=O) groups is 1. The van der Waals surface area contributed by atoms with Gasteiger partial charge in [0.2, 0.25) is 5.91 Å². The van der Waals surface area contributed by atoms with Gasteiger partial charge in [-0.05, 0) is 56.5 Å². The van der Waals surface area contributed by atoms with Crippen LogP contribution < -0.4 is 14.4 Å². The molecule has 0 spiro atoms. The lowest BCUT2D eigenvalue weighted by Gasteiger charge is -2.35. The van der Waals surface area contributed by atoms with E-state index in [9.17, 15) is 13.2 Å². The molecule has 1 N–H and O–H groups in total. The van der Waals surface area contributed by atoms with E-state index in [2.05, 4.69) is 5.32 Å². The maximum atomic E-state index is 13.4. The molecule has 2 aromatic rings. The van der Waals surface area contributed by atoms with Gasteiger partial charge >= 0.3 is 10.2 Å². The van der Waals surface area contributed by atoms with E-state index in [1.165, 1.54) is 8.61 Å². The second-order valence-corrected chi connectivity index (χ2v) is 9.56. The number of hydrogen-bond acceptors (Lipinski definition) is 4. The zero-order valence-corrected chi connectivity index (χ0v) is 19.1. The van der Waals surface area contributed by atoms with Gasteiger partial charge in [-0.2, -0.15) is 12.7 Å². The molecule has 3 rings (SSSR count). The summed E-state index contributed by atoms with van der Waals surface area (Å²) in [7, 11) is -2.18. The topological polar surface area (TPSA) is 79.0 Å². The van der Waals surface area contributed by atoms with Gasteiger partial charge in [0.15, 0.2) is 0 Å². The van der Waals surface area contributed by atoms with E-state index < -0.39 is 10.2 Å². The third-order valence-electron chi connectivity index (χ3n) is 5.67. The van der Waals surface area contributed by atoms with Gasteiger partial charge in [-0.1, -0.05) is 30.3 Å². The fourth-order valence-electron chi connectivity index (χ4n) is 3.89. The van der Waals surface area contributed by atoms with Gasteiger partial charge in [0, 0.05) is 19.6 Å². The number of methoxy groups -OCH3 is 1. The lowest BCUT2D eigenvalue weighted by Crippen LogP contribution is -2.50. The van der Waals surface area contributed by atoms with Gasteiger partial charge in [0.05, 0.1) is 24.8 Å². The van der Waals surface area contributed by atoms with Gasteiger partial charge in [-0.15, -0.1) is 0 Å². The van der Waals surface area contributed by atoms with Gasteiger partial charge < -0.3 is 10.1 Å². The lowest BCUT2D eigenvalue weighted by molar-refractivity contribution is -0.126. The minimum atomic E-state index is -3.75. The van der Waals surface area contributed by atoms with Crippen LogP contribution in [0, 0.1) is 5.92 Å². The predicted molar refractivity (Wildman–Crippen MR) is 122 cm³/mol. The molecular formula is C23H31N3O4S. The average Bonchev–Trinajstić information content (AvgIpc) is 2.80. The van der Waals surface area contributed by atoms with Crippen molar-refractivity contribution in [3.63, 3.8) is 0 Å². The Kier molecular flexibility index (Phi) is 7.56. The number of rotatable bonds is 8. The highest BCUT2D eigenvalue weighted by Gasteiger charge is 2.36. The number of nitrogens with one attached hydrogen (secondary N) is 1. The Morgan fingerprint density at radius 2 is 1.87 bits per heavy atom. The van der Waals surface area contributed by atoms with Crippen molar-refractivity contribution >= 4 is 21.8 Å². The molecule has 0 saturated carbocycles. The van der Waals surface area contributed by atoms with Crippen molar-refractivity contribution in [2.24, 2.45) is 5.92 Å². The van der Waals surface area contributed by atoms with Crippen molar-refractivity contribution in [2.75, 3.05) is 31.0 Å². The number of benzene rings is 2. The van der Waals surface area contributed by atoms with Crippen LogP contribution in [0.1, 0.15) is 38.3 Å². The third-order valence-corrected chi connectivity index (χ3v) is 7.68. The Morgan fingerprint density at radius 3 is 2.48 bits per heavy atom. The second kappa shape index (κ2) is 10.2. The van der Waals surface area contributed by atoms with E-state index in [0.29, 0.717) is 37.4 Å². The molecule has 0 bridgehead atoms. The Balaban J connectivity index is 1.70. The van der Waals surface area contributed by atoms with Crippen LogP contribution in [0.2, 0.25) is 0 Å². The zero-order valence-electron chi connectivity index (χ0n) is 18.3. The first kappa shape index (κ1) is 23.1. The maximum Gasteiger partial charge on any atom is 0.304 e. The zero-order chi connectivity index (χ0) is 22.4. The Labute approximate surface area is 185 Å². The van der Waals surface area contributed by atoms with Gasteiger partial charge in [0.25, 0.3) is 0 Å². The summed E-state index contributed by atoms with van der Waals surface area (Å²) in [5, 5.41) is 3.04. The van der Waals surface area contributed by atoms with Crippen molar-refractivity contribution in [3.05, 3.63) is 60.2 Å². The molecule has 1 fully saturated rings. The number of nitrogens with zero attached hydrogens (tertiary/aromatic N) is 2. The Hall–Kier alpha value is -2.58. The molecule has 31 heavy (non-hydrogen) atoms. The predicted octanol–water partition coefficient (Wildman–Crippen LogP) is 3.36. The highest BCUT2D eigenvalue weighted by atomic mass is 32.2. The van der Waals surface area contributed by atoms with Crippen LogP contribution in [-0.4, -0.2) is 45.4 Å². The normalized spacial score (nSPS) is 18.2. The fraction of sp³-hybridized carbons (Fsp3) is 0.435. The summed E-state index contributed by atoms with van der Waals surface area (Å²) in [4.78, 5) is 12.9. The molecular weight excluding hydrogens is 414 g/mol. The Bertz CT molecular complexity index is 964. The van der Waals surface area contributed by atoms with E-state index in [-0.39, 0.29) is 24.4 Å². The summed E-state index contributed by atoms with van der Waals surface area (Å²) < 4.78 is 34.7. The average molecular weight is 446 g/mol. The van der Waals surface area contributed by atoms with E-state index in [1.807, 2.05) is 37.3 Å². The molecule has 1 amide bonds. The largest absolute Gasteiger partial charge is 0.497 e. The molecule has 0 radical (unpaired) electrons. The van der Waals surface area contributed by atoms with E-state index in [0.717, 1.165) is 5.56 Å². The van der Waals surface area contributed by atoms with Crippen molar-refractivity contribution in [2.45, 2.75) is 32.7 Å². The van der Waals surface area contributed by atoms with E-state index in [4.69, 9.17) is 4.74 Å². The summed E-state index contributed by atoms with van der Waals surface area (Å²) >= 11 is 0. The molecule has 1 saturated heterocycles. The molecule has 1 aliphatic heterocycles. The molecule has 0 aliphatic carbocycles. The fourth-order valence-corrected chi connectivity index (χ4v) is 5.61. The van der Waals surface area contributed by atoms with Crippen LogP contribution in [0.15, 0.2) is 54.6 Å². The summed E-state index contributed by atoms with van der Waals surface area (Å²) in [6, 6.07) is 16.6. The monoisotopic (exact) mass is 445 g/mol. The minimum Gasteiger partial charge on any atom is -0.497 e. The first-order chi connectivity index (χ1) is 14.9. The van der Waals surface area contributed by atoms with Crippen molar-refractivity contribution in [3.8, 4) is 5.75 Å². The minimum absolute atomic E-state index is 0.108. The van der Waals surface area contributed by atoms with Crippen LogP contribution in [0.4, 0.5) is 5.69 Å². The smallest absolute Gasteiger partial charge is 0.304 e. The lowest BCUT2D eigenvalue weighted by atomic mass is 9.98. The molecule has 7 nitrogen and oxygen atoms in total. The number of amides is 1. The summed E-state index contributed by atoms with van der Waals surface area (Å²) in [5.41, 5.74) is 1.60. The summed E-state index contributed by atoms with van der Waals surface area (Å²) in [6.45, 7) is 4.63. The van der Waals surface area contributed by atoms with Crippen LogP contribution in [0.5, 0.6) is 5.75 Å². The molecule has 0 unspecified atom stereocenters. The SMILES string of the molecule is CCN(c1ccc(OC)cc1)S(=O)(=O)N1CCC[C@H](C(=O)N[C@H](C)c2ccccc2)C1. The van der Waals surface area contributed by atoms with Crippen molar-refractivity contribution in [1.29, 1.82) is 0 Å². The first-order valence-electron chi connectivity index (χ1n) is 10.6. The molecule has 1 aliphatic rings. The number of piperidine rings is 1. The Morgan fingerprint density at radius 1 is 1.19 bits per heavy atom. The molecule has 1 heterocycles. The van der Waals surface area contributed by atoms with Crippen LogP contribution >= 0.6 is 0 Å². The van der Waals surface area contributed by atoms with Crippen molar-refractivity contribution in [1.82, 2.24) is 9.62 Å².